The Bertz CT molecular complexity index is 787. The van der Waals surface area contributed by atoms with E-state index in [4.69, 9.17) is 4.42 Å². The first-order valence-electron chi connectivity index (χ1n) is 6.41. The van der Waals surface area contributed by atoms with E-state index in [0.29, 0.717) is 11.6 Å². The molecule has 0 fully saturated rings. The van der Waals surface area contributed by atoms with Crippen LogP contribution in [0.1, 0.15) is 23.1 Å². The van der Waals surface area contributed by atoms with Crippen LogP contribution in [-0.4, -0.2) is 25.8 Å². The smallest absolute Gasteiger partial charge is 0.358 e. The highest BCUT2D eigenvalue weighted by molar-refractivity contribution is 7.13. The molecular weight excluding hydrogens is 290 g/mol. The summed E-state index contributed by atoms with van der Waals surface area (Å²) >= 11 is 1.45. The first-order chi connectivity index (χ1) is 10.1. The van der Waals surface area contributed by atoms with Crippen LogP contribution in [0.4, 0.5) is 0 Å². The second-order valence-electron chi connectivity index (χ2n) is 4.48. The van der Waals surface area contributed by atoms with E-state index < -0.39 is 5.97 Å². The Morgan fingerprint density at radius 3 is 2.90 bits per heavy atom. The largest absolute Gasteiger partial charge is 0.476 e. The zero-order valence-electron chi connectivity index (χ0n) is 11.5. The maximum Gasteiger partial charge on any atom is 0.358 e. The highest BCUT2D eigenvalue weighted by atomic mass is 32.1. The number of carbonyl (C=O) groups is 1. The summed E-state index contributed by atoms with van der Waals surface area (Å²) in [6.45, 7) is 1.99. The van der Waals surface area contributed by atoms with Gasteiger partial charge in [-0.2, -0.15) is 5.10 Å². The Morgan fingerprint density at radius 1 is 1.52 bits per heavy atom. The van der Waals surface area contributed by atoms with Crippen molar-refractivity contribution < 1.29 is 14.3 Å². The van der Waals surface area contributed by atoms with Crippen LogP contribution < -0.4 is 0 Å². The summed E-state index contributed by atoms with van der Waals surface area (Å²) in [5.74, 6) is -0.562. The first kappa shape index (κ1) is 13.6. The minimum atomic E-state index is -1.11. The zero-order valence-corrected chi connectivity index (χ0v) is 12.3. The molecule has 0 spiro atoms. The zero-order chi connectivity index (χ0) is 15.0. The second kappa shape index (κ2) is 5.17. The summed E-state index contributed by atoms with van der Waals surface area (Å²) in [5, 5.41) is 15.5. The van der Waals surface area contributed by atoms with Gasteiger partial charge in [-0.3, -0.25) is 4.68 Å². The van der Waals surface area contributed by atoms with Crippen molar-refractivity contribution in [2.75, 3.05) is 0 Å². The van der Waals surface area contributed by atoms with E-state index in [-0.39, 0.29) is 11.5 Å². The quantitative estimate of drug-likeness (QED) is 0.801. The van der Waals surface area contributed by atoms with Gasteiger partial charge in [-0.25, -0.2) is 9.78 Å². The van der Waals surface area contributed by atoms with E-state index in [1.54, 1.807) is 11.7 Å². The molecule has 0 atom stereocenters. The van der Waals surface area contributed by atoms with E-state index in [0.717, 1.165) is 17.0 Å². The maximum absolute atomic E-state index is 11.4. The van der Waals surface area contributed by atoms with Crippen LogP contribution in [0.15, 0.2) is 28.0 Å². The average Bonchev–Trinajstić information content (AvgIpc) is 3.16. The van der Waals surface area contributed by atoms with Crippen LogP contribution in [0, 0.1) is 0 Å². The lowest BCUT2D eigenvalue weighted by Crippen LogP contribution is -2.01. The average molecular weight is 303 g/mol. The van der Waals surface area contributed by atoms with Crippen LogP contribution in [-0.2, 0) is 13.5 Å². The highest BCUT2D eigenvalue weighted by Gasteiger charge is 2.24. The van der Waals surface area contributed by atoms with Gasteiger partial charge in [0.15, 0.2) is 11.5 Å². The summed E-state index contributed by atoms with van der Waals surface area (Å²) in [6, 6.07) is 5.53. The lowest BCUT2D eigenvalue weighted by Gasteiger charge is -1.97. The number of rotatable bonds is 4. The van der Waals surface area contributed by atoms with Gasteiger partial charge >= 0.3 is 5.97 Å². The SMILES string of the molecule is CCc1cc(-c2oc(-c3cccs3)nc2C(=O)O)n(C)n1. The second-order valence-corrected chi connectivity index (χ2v) is 5.42. The summed E-state index contributed by atoms with van der Waals surface area (Å²) in [6.07, 6.45) is 0.766. The predicted octanol–water partition coefficient (Wildman–Crippen LogP) is 3.06. The molecular formula is C14H13N3O3S. The van der Waals surface area contributed by atoms with Gasteiger partial charge in [0.05, 0.1) is 10.6 Å². The van der Waals surface area contributed by atoms with Crippen LogP contribution in [0.5, 0.6) is 0 Å². The van der Waals surface area contributed by atoms with Gasteiger partial charge in [0.1, 0.15) is 5.69 Å². The number of hydrogen-bond acceptors (Lipinski definition) is 5. The Hall–Kier alpha value is -2.41. The van der Waals surface area contributed by atoms with Crippen molar-refractivity contribution in [1.29, 1.82) is 0 Å². The number of carboxylic acids is 1. The van der Waals surface area contributed by atoms with Gasteiger partial charge in [-0.1, -0.05) is 13.0 Å². The van der Waals surface area contributed by atoms with E-state index in [1.165, 1.54) is 11.3 Å². The standard InChI is InChI=1S/C14H13N3O3S/c1-3-8-7-9(17(2)16-8)12-11(14(18)19)15-13(20-12)10-5-4-6-21-10/h4-7H,3H2,1-2H3,(H,18,19). The monoisotopic (exact) mass is 303 g/mol. The van der Waals surface area contributed by atoms with Crippen LogP contribution in [0.2, 0.25) is 0 Å². The van der Waals surface area contributed by atoms with Crippen LogP contribution >= 0.6 is 11.3 Å². The molecule has 7 heteroatoms. The molecule has 0 aliphatic carbocycles. The summed E-state index contributed by atoms with van der Waals surface area (Å²) in [5.41, 5.74) is 1.39. The molecule has 3 aromatic rings. The number of oxazole rings is 1. The van der Waals surface area contributed by atoms with Crippen molar-refractivity contribution >= 4 is 17.3 Å². The normalized spacial score (nSPS) is 11.0. The number of aryl methyl sites for hydroxylation is 2. The summed E-state index contributed by atoms with van der Waals surface area (Å²) in [4.78, 5) is 16.3. The van der Waals surface area contributed by atoms with Crippen molar-refractivity contribution in [3.63, 3.8) is 0 Å². The molecule has 3 rings (SSSR count). The third-order valence-corrected chi connectivity index (χ3v) is 3.94. The molecule has 0 saturated heterocycles. The molecule has 6 nitrogen and oxygen atoms in total. The van der Waals surface area contributed by atoms with Crippen molar-refractivity contribution in [3.05, 3.63) is 35.0 Å². The van der Waals surface area contributed by atoms with Crippen molar-refractivity contribution in [2.45, 2.75) is 13.3 Å². The topological polar surface area (TPSA) is 81.1 Å². The fraction of sp³-hybridized carbons (Fsp3) is 0.214. The number of aromatic carboxylic acids is 1. The maximum atomic E-state index is 11.4. The molecule has 108 valence electrons. The predicted molar refractivity (Wildman–Crippen MR) is 78.4 cm³/mol. The van der Waals surface area contributed by atoms with E-state index in [2.05, 4.69) is 10.1 Å². The molecule has 0 unspecified atom stereocenters. The molecule has 0 amide bonds. The minimum Gasteiger partial charge on any atom is -0.476 e. The van der Waals surface area contributed by atoms with Gasteiger partial charge in [0, 0.05) is 7.05 Å². The van der Waals surface area contributed by atoms with E-state index in [9.17, 15) is 9.90 Å². The molecule has 0 aliphatic heterocycles. The lowest BCUT2D eigenvalue weighted by atomic mass is 10.2. The third kappa shape index (κ3) is 2.36. The molecule has 0 saturated carbocycles. The number of nitrogens with zero attached hydrogens (tertiary/aromatic N) is 3. The van der Waals surface area contributed by atoms with Crippen LogP contribution in [0.25, 0.3) is 22.2 Å². The molecule has 0 aromatic carbocycles. The molecule has 0 aliphatic rings. The molecule has 0 bridgehead atoms. The Labute approximate surface area is 124 Å². The lowest BCUT2D eigenvalue weighted by molar-refractivity contribution is 0.0691. The summed E-state index contributed by atoms with van der Waals surface area (Å²) < 4.78 is 7.32. The van der Waals surface area contributed by atoms with Crippen molar-refractivity contribution in [3.8, 4) is 22.2 Å². The van der Waals surface area contributed by atoms with Gasteiger partial charge in [0.2, 0.25) is 5.89 Å². The van der Waals surface area contributed by atoms with Crippen LogP contribution in [0.3, 0.4) is 0 Å². The fourth-order valence-electron chi connectivity index (χ4n) is 2.06. The van der Waals surface area contributed by atoms with E-state index >= 15 is 0 Å². The molecule has 21 heavy (non-hydrogen) atoms. The van der Waals surface area contributed by atoms with E-state index in [1.807, 2.05) is 30.5 Å². The van der Waals surface area contributed by atoms with Gasteiger partial charge in [-0.05, 0) is 23.9 Å². The fourth-order valence-corrected chi connectivity index (χ4v) is 2.71. The molecule has 3 heterocycles. The number of thiophene rings is 1. The number of carboxylic acid groups (broad SMARTS) is 1. The Balaban J connectivity index is 2.16. The molecule has 1 N–H and O–H groups in total. The number of aromatic nitrogens is 3. The molecule has 3 aromatic heterocycles. The van der Waals surface area contributed by atoms with Gasteiger partial charge in [0.25, 0.3) is 0 Å². The summed E-state index contributed by atoms with van der Waals surface area (Å²) in [7, 11) is 1.76. The number of hydrogen-bond donors (Lipinski definition) is 1. The van der Waals surface area contributed by atoms with Crippen molar-refractivity contribution in [1.82, 2.24) is 14.8 Å². The Morgan fingerprint density at radius 2 is 2.33 bits per heavy atom. The van der Waals surface area contributed by atoms with Gasteiger partial charge in [-0.15, -0.1) is 11.3 Å². The van der Waals surface area contributed by atoms with Gasteiger partial charge < -0.3 is 9.52 Å². The first-order valence-corrected chi connectivity index (χ1v) is 7.29. The molecule has 0 radical (unpaired) electrons. The van der Waals surface area contributed by atoms with Crippen molar-refractivity contribution in [2.24, 2.45) is 7.05 Å². The third-order valence-electron chi connectivity index (χ3n) is 3.09. The minimum absolute atomic E-state index is 0.0935. The Kier molecular flexibility index (Phi) is 3.34. The highest BCUT2D eigenvalue weighted by Crippen LogP contribution is 2.32.